The van der Waals surface area contributed by atoms with Crippen LogP contribution in [-0.2, 0) is 4.79 Å². The molecule has 3 N–H and O–H groups in total. The van der Waals surface area contributed by atoms with Crippen LogP contribution in [0.3, 0.4) is 0 Å². The smallest absolute Gasteiger partial charge is 0.241 e. The summed E-state index contributed by atoms with van der Waals surface area (Å²) in [5.74, 6) is 1.04. The second-order valence-electron chi connectivity index (χ2n) is 4.21. The van der Waals surface area contributed by atoms with Gasteiger partial charge in [0.1, 0.15) is 13.2 Å². The monoisotopic (exact) mass is 250 g/mol. The van der Waals surface area contributed by atoms with E-state index in [2.05, 4.69) is 5.32 Å². The van der Waals surface area contributed by atoms with Crippen LogP contribution in [0.15, 0.2) is 18.2 Å². The number of para-hydroxylation sites is 1. The third kappa shape index (κ3) is 2.73. The number of hydrogen-bond acceptors (Lipinski definition) is 4. The largest absolute Gasteiger partial charge is 0.486 e. The molecule has 0 radical (unpaired) electrons. The van der Waals surface area contributed by atoms with Gasteiger partial charge in [-0.05, 0) is 18.6 Å². The maximum absolute atomic E-state index is 11.9. The summed E-state index contributed by atoms with van der Waals surface area (Å²) in [4.78, 5) is 11.9. The first-order chi connectivity index (χ1) is 8.72. The third-order valence-electron chi connectivity index (χ3n) is 2.76. The zero-order valence-corrected chi connectivity index (χ0v) is 10.4. The molecule has 1 aromatic carbocycles. The standard InChI is InChI=1S/C13H18N2O3/c1-2-4-9(14)13(16)15-10-5-3-6-11-12(10)18-8-7-17-11/h3,5-6,9H,2,4,7-8,14H2,1H3,(H,15,16). The highest BCUT2D eigenvalue weighted by atomic mass is 16.6. The van der Waals surface area contributed by atoms with Crippen molar-refractivity contribution in [3.05, 3.63) is 18.2 Å². The topological polar surface area (TPSA) is 73.6 Å². The van der Waals surface area contributed by atoms with Crippen molar-refractivity contribution in [2.45, 2.75) is 25.8 Å². The Morgan fingerprint density at radius 1 is 1.44 bits per heavy atom. The fourth-order valence-corrected chi connectivity index (χ4v) is 1.84. The highest BCUT2D eigenvalue weighted by Crippen LogP contribution is 2.37. The number of amides is 1. The highest BCUT2D eigenvalue weighted by molar-refractivity contribution is 5.96. The summed E-state index contributed by atoms with van der Waals surface area (Å²) in [6.45, 7) is 3.01. The molecule has 1 amide bonds. The Morgan fingerprint density at radius 3 is 3.00 bits per heavy atom. The van der Waals surface area contributed by atoms with Gasteiger partial charge >= 0.3 is 0 Å². The Morgan fingerprint density at radius 2 is 2.22 bits per heavy atom. The van der Waals surface area contributed by atoms with Crippen molar-refractivity contribution in [1.82, 2.24) is 0 Å². The molecule has 18 heavy (non-hydrogen) atoms. The van der Waals surface area contributed by atoms with Crippen LogP contribution in [0.4, 0.5) is 5.69 Å². The van der Waals surface area contributed by atoms with Crippen LogP contribution >= 0.6 is 0 Å². The van der Waals surface area contributed by atoms with Crippen LogP contribution in [-0.4, -0.2) is 25.2 Å². The van der Waals surface area contributed by atoms with Crippen molar-refractivity contribution in [2.24, 2.45) is 5.73 Å². The van der Waals surface area contributed by atoms with Gasteiger partial charge in [0.2, 0.25) is 5.91 Å². The van der Waals surface area contributed by atoms with Crippen LogP contribution in [0.25, 0.3) is 0 Å². The summed E-state index contributed by atoms with van der Waals surface area (Å²) in [5.41, 5.74) is 6.38. The van der Waals surface area contributed by atoms with E-state index in [1.165, 1.54) is 0 Å². The summed E-state index contributed by atoms with van der Waals surface area (Å²) in [5, 5.41) is 2.79. The molecule has 1 aliphatic heterocycles. The van der Waals surface area contributed by atoms with E-state index in [1.54, 1.807) is 6.07 Å². The number of anilines is 1. The molecular formula is C13H18N2O3. The molecule has 0 bridgehead atoms. The van der Waals surface area contributed by atoms with Crippen molar-refractivity contribution in [1.29, 1.82) is 0 Å². The molecule has 1 unspecified atom stereocenters. The normalized spacial score (nSPS) is 15.0. The third-order valence-corrected chi connectivity index (χ3v) is 2.76. The minimum Gasteiger partial charge on any atom is -0.486 e. The SMILES string of the molecule is CCCC(N)C(=O)Nc1cccc2c1OCCO2. The molecule has 1 heterocycles. The van der Waals surface area contributed by atoms with E-state index < -0.39 is 6.04 Å². The van der Waals surface area contributed by atoms with E-state index in [0.717, 1.165) is 6.42 Å². The molecule has 0 saturated heterocycles. The molecule has 0 aromatic heterocycles. The fourth-order valence-electron chi connectivity index (χ4n) is 1.84. The lowest BCUT2D eigenvalue weighted by Gasteiger charge is -2.21. The number of ether oxygens (including phenoxy) is 2. The van der Waals surface area contributed by atoms with E-state index in [1.807, 2.05) is 19.1 Å². The van der Waals surface area contributed by atoms with Crippen LogP contribution in [0.2, 0.25) is 0 Å². The molecule has 0 aliphatic carbocycles. The van der Waals surface area contributed by atoms with Crippen molar-refractivity contribution in [3.63, 3.8) is 0 Å². The van der Waals surface area contributed by atoms with Gasteiger partial charge in [0, 0.05) is 0 Å². The Hall–Kier alpha value is -1.75. The summed E-state index contributed by atoms with van der Waals surface area (Å²) >= 11 is 0. The van der Waals surface area contributed by atoms with Crippen LogP contribution in [0.5, 0.6) is 11.5 Å². The second-order valence-corrected chi connectivity index (χ2v) is 4.21. The van der Waals surface area contributed by atoms with Crippen molar-refractivity contribution < 1.29 is 14.3 Å². The first-order valence-corrected chi connectivity index (χ1v) is 6.17. The minimum absolute atomic E-state index is 0.195. The predicted molar refractivity (Wildman–Crippen MR) is 68.9 cm³/mol. The van der Waals surface area contributed by atoms with Gasteiger partial charge in [0.25, 0.3) is 0 Å². The van der Waals surface area contributed by atoms with E-state index in [4.69, 9.17) is 15.2 Å². The number of carbonyl (C=O) groups excluding carboxylic acids is 1. The number of rotatable bonds is 4. The fraction of sp³-hybridized carbons (Fsp3) is 0.462. The second kappa shape index (κ2) is 5.73. The molecule has 1 aliphatic rings. The lowest BCUT2D eigenvalue weighted by Crippen LogP contribution is -2.35. The maximum Gasteiger partial charge on any atom is 0.241 e. The van der Waals surface area contributed by atoms with E-state index in [0.29, 0.717) is 36.8 Å². The van der Waals surface area contributed by atoms with Crippen LogP contribution < -0.4 is 20.5 Å². The number of hydrogen-bond donors (Lipinski definition) is 2. The van der Waals surface area contributed by atoms with Crippen molar-refractivity contribution in [2.75, 3.05) is 18.5 Å². The molecular weight excluding hydrogens is 232 g/mol. The van der Waals surface area contributed by atoms with Gasteiger partial charge < -0.3 is 20.5 Å². The van der Waals surface area contributed by atoms with E-state index in [9.17, 15) is 4.79 Å². The quantitative estimate of drug-likeness (QED) is 0.849. The average molecular weight is 250 g/mol. The Labute approximate surface area is 106 Å². The zero-order chi connectivity index (χ0) is 13.0. The number of nitrogens with two attached hydrogens (primary N) is 1. The maximum atomic E-state index is 11.9. The average Bonchev–Trinajstić information content (AvgIpc) is 2.39. The number of carbonyl (C=O) groups is 1. The first kappa shape index (κ1) is 12.7. The van der Waals surface area contributed by atoms with Gasteiger partial charge in [-0.25, -0.2) is 0 Å². The van der Waals surface area contributed by atoms with Crippen LogP contribution in [0.1, 0.15) is 19.8 Å². The minimum atomic E-state index is -0.490. The van der Waals surface area contributed by atoms with E-state index >= 15 is 0 Å². The van der Waals surface area contributed by atoms with Gasteiger partial charge in [-0.15, -0.1) is 0 Å². The summed E-state index contributed by atoms with van der Waals surface area (Å²) in [6, 6.07) is 4.92. The molecule has 5 heteroatoms. The predicted octanol–water partition coefficient (Wildman–Crippen LogP) is 1.52. The molecule has 5 nitrogen and oxygen atoms in total. The molecule has 0 spiro atoms. The summed E-state index contributed by atoms with van der Waals surface area (Å²) in [6.07, 6.45) is 1.54. The first-order valence-electron chi connectivity index (χ1n) is 6.17. The number of nitrogens with one attached hydrogen (secondary N) is 1. The Balaban J connectivity index is 2.12. The van der Waals surface area contributed by atoms with Gasteiger partial charge in [0.15, 0.2) is 11.5 Å². The number of benzene rings is 1. The van der Waals surface area contributed by atoms with Crippen LogP contribution in [0, 0.1) is 0 Å². The molecule has 0 saturated carbocycles. The Bertz CT molecular complexity index is 434. The van der Waals surface area contributed by atoms with Gasteiger partial charge in [0.05, 0.1) is 11.7 Å². The molecule has 1 atom stereocenters. The molecule has 98 valence electrons. The van der Waals surface area contributed by atoms with Crippen molar-refractivity contribution >= 4 is 11.6 Å². The van der Waals surface area contributed by atoms with Gasteiger partial charge in [-0.1, -0.05) is 19.4 Å². The zero-order valence-electron chi connectivity index (χ0n) is 10.4. The summed E-state index contributed by atoms with van der Waals surface area (Å²) in [7, 11) is 0. The Kier molecular flexibility index (Phi) is 4.04. The number of fused-ring (bicyclic) bond motifs is 1. The summed E-state index contributed by atoms with van der Waals surface area (Å²) < 4.78 is 11.0. The van der Waals surface area contributed by atoms with Crippen molar-refractivity contribution in [3.8, 4) is 11.5 Å². The van der Waals surface area contributed by atoms with Gasteiger partial charge in [-0.3, -0.25) is 4.79 Å². The lowest BCUT2D eigenvalue weighted by atomic mass is 10.1. The molecule has 0 fully saturated rings. The lowest BCUT2D eigenvalue weighted by molar-refractivity contribution is -0.117. The molecule has 1 aromatic rings. The molecule has 2 rings (SSSR count). The van der Waals surface area contributed by atoms with E-state index in [-0.39, 0.29) is 5.91 Å². The van der Waals surface area contributed by atoms with Gasteiger partial charge in [-0.2, -0.15) is 0 Å². The highest BCUT2D eigenvalue weighted by Gasteiger charge is 2.19.